The molecule has 1 atom stereocenters. The third-order valence-corrected chi connectivity index (χ3v) is 5.62. The van der Waals surface area contributed by atoms with Gasteiger partial charge in [-0.1, -0.05) is 12.1 Å². The molecular formula is C19H25FN2O2. The molecule has 130 valence electrons. The summed E-state index contributed by atoms with van der Waals surface area (Å²) in [7, 11) is 0. The monoisotopic (exact) mass is 332 g/mol. The van der Waals surface area contributed by atoms with E-state index in [1.807, 2.05) is 17.0 Å². The second-order valence-electron chi connectivity index (χ2n) is 7.56. The van der Waals surface area contributed by atoms with Gasteiger partial charge in [-0.3, -0.25) is 0 Å². The number of hydrogen-bond acceptors (Lipinski definition) is 2. The summed E-state index contributed by atoms with van der Waals surface area (Å²) in [4.78, 5) is 14.7. The Morgan fingerprint density at radius 2 is 2.00 bits per heavy atom. The fraction of sp³-hybridized carbons (Fsp3) is 0.632. The predicted octanol–water partition coefficient (Wildman–Crippen LogP) is 3.07. The highest BCUT2D eigenvalue weighted by Crippen LogP contribution is 2.47. The first-order chi connectivity index (χ1) is 11.7. The molecule has 1 heterocycles. The van der Waals surface area contributed by atoms with Gasteiger partial charge in [-0.25, -0.2) is 9.18 Å². The molecule has 0 spiro atoms. The van der Waals surface area contributed by atoms with E-state index < -0.39 is 0 Å². The molecule has 0 aromatic heterocycles. The Balaban J connectivity index is 1.35. The van der Waals surface area contributed by atoms with Gasteiger partial charge in [0.15, 0.2) is 0 Å². The first-order valence-corrected chi connectivity index (χ1v) is 9.05. The zero-order valence-corrected chi connectivity index (χ0v) is 14.0. The van der Waals surface area contributed by atoms with Gasteiger partial charge in [0.1, 0.15) is 5.82 Å². The maximum atomic E-state index is 13.1. The van der Waals surface area contributed by atoms with Gasteiger partial charge in [0.2, 0.25) is 0 Å². The third kappa shape index (κ3) is 3.41. The summed E-state index contributed by atoms with van der Waals surface area (Å²) in [6.45, 7) is 3.04. The highest BCUT2D eigenvalue weighted by molar-refractivity contribution is 5.75. The van der Waals surface area contributed by atoms with Crippen molar-refractivity contribution >= 4 is 6.03 Å². The van der Waals surface area contributed by atoms with Crippen molar-refractivity contribution in [3.63, 3.8) is 0 Å². The smallest absolute Gasteiger partial charge is 0.317 e. The van der Waals surface area contributed by atoms with Crippen molar-refractivity contribution in [3.8, 4) is 0 Å². The lowest BCUT2D eigenvalue weighted by Gasteiger charge is -2.27. The molecule has 24 heavy (non-hydrogen) atoms. The molecular weight excluding hydrogens is 307 g/mol. The largest absolute Gasteiger partial charge is 0.381 e. The molecule has 0 radical (unpaired) electrons. The Kier molecular flexibility index (Phi) is 4.21. The molecule has 2 saturated carbocycles. The van der Waals surface area contributed by atoms with Crippen LogP contribution in [0.25, 0.3) is 0 Å². The number of carbonyl (C=O) groups excluding carboxylic acids is 1. The fourth-order valence-corrected chi connectivity index (χ4v) is 3.66. The Morgan fingerprint density at radius 1 is 1.25 bits per heavy atom. The van der Waals surface area contributed by atoms with Crippen molar-refractivity contribution in [2.45, 2.75) is 43.6 Å². The van der Waals surface area contributed by atoms with Crippen molar-refractivity contribution in [1.29, 1.82) is 0 Å². The van der Waals surface area contributed by atoms with Crippen LogP contribution in [0.3, 0.4) is 0 Å². The van der Waals surface area contributed by atoms with Crippen molar-refractivity contribution in [2.24, 2.45) is 5.92 Å². The minimum absolute atomic E-state index is 0.00898. The molecule has 2 amide bonds. The number of benzene rings is 1. The number of nitrogens with one attached hydrogen (secondary N) is 1. The molecule has 0 bridgehead atoms. The number of hydrogen-bond donors (Lipinski definition) is 1. The minimum Gasteiger partial charge on any atom is -0.381 e. The molecule has 4 nitrogen and oxygen atoms in total. The van der Waals surface area contributed by atoms with Crippen LogP contribution in [-0.4, -0.2) is 43.3 Å². The fourth-order valence-electron chi connectivity index (χ4n) is 3.66. The number of halogens is 1. The first kappa shape index (κ1) is 15.9. The molecule has 1 saturated heterocycles. The van der Waals surface area contributed by atoms with Gasteiger partial charge in [-0.05, 0) is 49.8 Å². The second-order valence-corrected chi connectivity index (χ2v) is 7.56. The molecule has 1 aliphatic heterocycles. The van der Waals surface area contributed by atoms with Crippen LogP contribution in [0.4, 0.5) is 9.18 Å². The van der Waals surface area contributed by atoms with E-state index in [-0.39, 0.29) is 17.3 Å². The summed E-state index contributed by atoms with van der Waals surface area (Å²) in [5, 5.41) is 3.15. The lowest BCUT2D eigenvalue weighted by atomic mass is 9.96. The van der Waals surface area contributed by atoms with Crippen molar-refractivity contribution in [2.75, 3.05) is 26.3 Å². The highest BCUT2D eigenvalue weighted by Gasteiger charge is 2.45. The lowest BCUT2D eigenvalue weighted by molar-refractivity contribution is 0.162. The van der Waals surface area contributed by atoms with Gasteiger partial charge in [0, 0.05) is 37.1 Å². The van der Waals surface area contributed by atoms with Gasteiger partial charge in [0.05, 0.1) is 6.61 Å². The van der Waals surface area contributed by atoms with Crippen LogP contribution >= 0.6 is 0 Å². The maximum Gasteiger partial charge on any atom is 0.317 e. The SMILES string of the molecule is O=C(NCC1(c2ccc(F)cc2)CC1)N(CC1CCOC1)C1CC1. The van der Waals surface area contributed by atoms with Crippen LogP contribution in [0.1, 0.15) is 37.7 Å². The first-order valence-electron chi connectivity index (χ1n) is 9.05. The molecule has 5 heteroatoms. The van der Waals surface area contributed by atoms with Crippen LogP contribution in [0, 0.1) is 11.7 Å². The standard InChI is InChI=1S/C19H25FN2O2/c20-16-3-1-15(2-4-16)19(8-9-19)13-21-18(23)22(17-5-6-17)11-14-7-10-24-12-14/h1-4,14,17H,5-13H2,(H,21,23). The summed E-state index contributed by atoms with van der Waals surface area (Å²) < 4.78 is 18.6. The zero-order chi connectivity index (χ0) is 16.6. The number of ether oxygens (including phenoxy) is 1. The normalized spacial score (nSPS) is 24.6. The molecule has 1 aromatic carbocycles. The van der Waals surface area contributed by atoms with E-state index in [2.05, 4.69) is 5.32 Å². The number of urea groups is 1. The Labute approximate surface area is 142 Å². The summed E-state index contributed by atoms with van der Waals surface area (Å²) in [6, 6.07) is 7.18. The summed E-state index contributed by atoms with van der Waals surface area (Å²) >= 11 is 0. The Morgan fingerprint density at radius 3 is 2.58 bits per heavy atom. The molecule has 3 aliphatic rings. The second kappa shape index (κ2) is 6.36. The number of carbonyl (C=O) groups is 1. The van der Waals surface area contributed by atoms with Gasteiger partial charge in [-0.15, -0.1) is 0 Å². The van der Waals surface area contributed by atoms with E-state index in [1.54, 1.807) is 0 Å². The predicted molar refractivity (Wildman–Crippen MR) is 89.4 cm³/mol. The van der Waals surface area contributed by atoms with Gasteiger partial charge in [-0.2, -0.15) is 0 Å². The van der Waals surface area contributed by atoms with Crippen LogP contribution in [0.15, 0.2) is 24.3 Å². The van der Waals surface area contributed by atoms with Crippen LogP contribution in [-0.2, 0) is 10.2 Å². The van der Waals surface area contributed by atoms with E-state index in [9.17, 15) is 9.18 Å². The van der Waals surface area contributed by atoms with Crippen molar-refractivity contribution < 1.29 is 13.9 Å². The summed E-state index contributed by atoms with van der Waals surface area (Å²) in [5.74, 6) is 0.264. The Hall–Kier alpha value is -1.62. The van der Waals surface area contributed by atoms with E-state index >= 15 is 0 Å². The Bertz CT molecular complexity index is 590. The van der Waals surface area contributed by atoms with Gasteiger partial charge < -0.3 is 15.0 Å². The summed E-state index contributed by atoms with van der Waals surface area (Å²) in [6.07, 6.45) is 5.39. The maximum absolute atomic E-state index is 13.1. The van der Waals surface area contributed by atoms with Crippen molar-refractivity contribution in [3.05, 3.63) is 35.6 Å². The summed E-state index contributed by atoms with van der Waals surface area (Å²) in [5.41, 5.74) is 1.14. The number of rotatable bonds is 6. The number of nitrogens with zero attached hydrogens (tertiary/aromatic N) is 1. The third-order valence-electron chi connectivity index (χ3n) is 5.62. The number of amides is 2. The van der Waals surface area contributed by atoms with Crippen LogP contribution < -0.4 is 5.32 Å². The lowest BCUT2D eigenvalue weighted by Crippen LogP contribution is -2.46. The molecule has 1 unspecified atom stereocenters. The van der Waals surface area contributed by atoms with Gasteiger partial charge in [0.25, 0.3) is 0 Å². The van der Waals surface area contributed by atoms with Crippen molar-refractivity contribution in [1.82, 2.24) is 10.2 Å². The average Bonchev–Trinajstić information content (AvgIpc) is 3.51. The van der Waals surface area contributed by atoms with Crippen LogP contribution in [0.5, 0.6) is 0 Å². The van der Waals surface area contributed by atoms with E-state index in [4.69, 9.17) is 4.74 Å². The molecule has 3 fully saturated rings. The molecule has 1 aromatic rings. The van der Waals surface area contributed by atoms with Gasteiger partial charge >= 0.3 is 6.03 Å². The van der Waals surface area contributed by atoms with Crippen LogP contribution in [0.2, 0.25) is 0 Å². The molecule has 2 aliphatic carbocycles. The van der Waals surface area contributed by atoms with E-state index in [0.29, 0.717) is 18.5 Å². The quantitative estimate of drug-likeness (QED) is 0.870. The topological polar surface area (TPSA) is 41.6 Å². The average molecular weight is 332 g/mol. The van der Waals surface area contributed by atoms with E-state index in [1.165, 1.54) is 12.1 Å². The highest BCUT2D eigenvalue weighted by atomic mass is 19.1. The minimum atomic E-state index is -0.211. The molecule has 1 N–H and O–H groups in total. The zero-order valence-electron chi connectivity index (χ0n) is 14.0. The molecule has 4 rings (SSSR count). The van der Waals surface area contributed by atoms with E-state index in [0.717, 1.165) is 57.4 Å².